The van der Waals surface area contributed by atoms with Gasteiger partial charge >= 0.3 is 0 Å². The van der Waals surface area contributed by atoms with Crippen molar-refractivity contribution in [2.24, 2.45) is 4.99 Å². The maximum absolute atomic E-state index is 13.0. The molecule has 0 unspecified atom stereocenters. The van der Waals surface area contributed by atoms with Crippen LogP contribution in [0.5, 0.6) is 0 Å². The van der Waals surface area contributed by atoms with Crippen LogP contribution in [0.4, 0.5) is 5.69 Å². The molecule has 0 spiro atoms. The van der Waals surface area contributed by atoms with E-state index in [4.69, 9.17) is 4.99 Å². The lowest BCUT2D eigenvalue weighted by molar-refractivity contribution is 0.100. The van der Waals surface area contributed by atoms with Gasteiger partial charge in [0.05, 0.1) is 6.54 Å². The lowest BCUT2D eigenvalue weighted by Gasteiger charge is -2.29. The molecule has 2 aromatic rings. The summed E-state index contributed by atoms with van der Waals surface area (Å²) in [7, 11) is 0. The SMILES string of the molecule is Cc1ccc(C(=O)CN(C2=NCCCC2)c2ccccc2C)c(C)c1. The minimum Gasteiger partial charge on any atom is -0.322 e. The molecular weight excluding hydrogens is 308 g/mol. The smallest absolute Gasteiger partial charge is 0.182 e. The molecule has 0 fully saturated rings. The third-order valence-corrected chi connectivity index (χ3v) is 4.80. The number of rotatable bonds is 4. The Balaban J connectivity index is 1.93. The van der Waals surface area contributed by atoms with E-state index in [0.717, 1.165) is 48.5 Å². The fourth-order valence-electron chi connectivity index (χ4n) is 3.44. The zero-order chi connectivity index (χ0) is 17.8. The van der Waals surface area contributed by atoms with Gasteiger partial charge < -0.3 is 4.90 Å². The van der Waals surface area contributed by atoms with Crippen molar-refractivity contribution in [3.8, 4) is 0 Å². The molecule has 0 saturated carbocycles. The quantitative estimate of drug-likeness (QED) is 0.746. The number of nitrogens with zero attached hydrogens (tertiary/aromatic N) is 2. The van der Waals surface area contributed by atoms with Crippen LogP contribution in [0.25, 0.3) is 0 Å². The molecule has 3 rings (SSSR count). The van der Waals surface area contributed by atoms with Crippen molar-refractivity contribution in [1.29, 1.82) is 0 Å². The van der Waals surface area contributed by atoms with Crippen molar-refractivity contribution < 1.29 is 4.79 Å². The van der Waals surface area contributed by atoms with Gasteiger partial charge in [0.1, 0.15) is 5.84 Å². The number of carbonyl (C=O) groups excluding carboxylic acids is 1. The summed E-state index contributed by atoms with van der Waals surface area (Å²) in [6, 6.07) is 14.3. The van der Waals surface area contributed by atoms with Gasteiger partial charge in [-0.25, -0.2) is 0 Å². The van der Waals surface area contributed by atoms with Crippen LogP contribution in [-0.2, 0) is 0 Å². The minimum absolute atomic E-state index is 0.147. The Morgan fingerprint density at radius 1 is 1.04 bits per heavy atom. The van der Waals surface area contributed by atoms with Crippen LogP contribution in [0, 0.1) is 20.8 Å². The van der Waals surface area contributed by atoms with Crippen molar-refractivity contribution in [2.75, 3.05) is 18.0 Å². The Morgan fingerprint density at radius 2 is 1.84 bits per heavy atom. The van der Waals surface area contributed by atoms with Gasteiger partial charge in [-0.3, -0.25) is 9.79 Å². The molecule has 0 bridgehead atoms. The Labute approximate surface area is 150 Å². The Morgan fingerprint density at radius 3 is 2.52 bits per heavy atom. The van der Waals surface area contributed by atoms with Gasteiger partial charge in [-0.2, -0.15) is 0 Å². The minimum atomic E-state index is 0.147. The highest BCUT2D eigenvalue weighted by molar-refractivity contribution is 6.08. The van der Waals surface area contributed by atoms with Crippen LogP contribution in [-0.4, -0.2) is 24.7 Å². The Bertz CT molecular complexity index is 807. The molecule has 25 heavy (non-hydrogen) atoms. The van der Waals surface area contributed by atoms with Crippen molar-refractivity contribution >= 4 is 17.3 Å². The first-order valence-electron chi connectivity index (χ1n) is 9.03. The first-order valence-corrected chi connectivity index (χ1v) is 9.03. The third-order valence-electron chi connectivity index (χ3n) is 4.80. The van der Waals surface area contributed by atoms with Gasteiger partial charge in [0.2, 0.25) is 0 Å². The van der Waals surface area contributed by atoms with E-state index in [-0.39, 0.29) is 5.78 Å². The number of Topliss-reactive ketones (excluding diaryl/α,β-unsaturated/α-hetero) is 1. The molecule has 1 aliphatic heterocycles. The highest BCUT2D eigenvalue weighted by Gasteiger charge is 2.21. The third kappa shape index (κ3) is 3.98. The molecule has 0 saturated heterocycles. The van der Waals surface area contributed by atoms with Crippen LogP contribution in [0.1, 0.15) is 46.3 Å². The van der Waals surface area contributed by atoms with E-state index in [9.17, 15) is 4.79 Å². The van der Waals surface area contributed by atoms with E-state index in [2.05, 4.69) is 36.9 Å². The first-order chi connectivity index (χ1) is 12.1. The van der Waals surface area contributed by atoms with Gasteiger partial charge in [-0.05, 0) is 50.8 Å². The second kappa shape index (κ2) is 7.64. The van der Waals surface area contributed by atoms with Gasteiger partial charge in [0.25, 0.3) is 0 Å². The summed E-state index contributed by atoms with van der Waals surface area (Å²) in [6.07, 6.45) is 3.21. The predicted molar refractivity (Wildman–Crippen MR) is 105 cm³/mol. The van der Waals surface area contributed by atoms with Crippen LogP contribution < -0.4 is 4.90 Å². The molecule has 130 valence electrons. The number of hydrogen-bond acceptors (Lipinski definition) is 3. The van der Waals surface area contributed by atoms with Crippen LogP contribution >= 0.6 is 0 Å². The van der Waals surface area contributed by atoms with Crippen molar-refractivity contribution in [2.45, 2.75) is 40.0 Å². The van der Waals surface area contributed by atoms with Gasteiger partial charge in [0, 0.05) is 24.2 Å². The molecule has 0 aliphatic carbocycles. The molecule has 0 atom stereocenters. The van der Waals surface area contributed by atoms with E-state index < -0.39 is 0 Å². The molecule has 3 heteroatoms. The molecule has 1 aliphatic rings. The molecular formula is C22H26N2O. The second-order valence-corrected chi connectivity index (χ2v) is 6.87. The molecule has 1 heterocycles. The summed E-state index contributed by atoms with van der Waals surface area (Å²) in [6.45, 7) is 7.35. The summed E-state index contributed by atoms with van der Waals surface area (Å²) in [5.41, 5.74) is 5.29. The number of aliphatic imine (C=N–C) groups is 1. The molecule has 3 nitrogen and oxygen atoms in total. The predicted octanol–water partition coefficient (Wildman–Crippen LogP) is 4.88. The van der Waals surface area contributed by atoms with Gasteiger partial charge in [0.15, 0.2) is 5.78 Å². The van der Waals surface area contributed by atoms with Crippen molar-refractivity contribution in [3.63, 3.8) is 0 Å². The zero-order valence-corrected chi connectivity index (χ0v) is 15.4. The lowest BCUT2D eigenvalue weighted by Crippen LogP contribution is -2.37. The van der Waals surface area contributed by atoms with Crippen LogP contribution in [0.3, 0.4) is 0 Å². The topological polar surface area (TPSA) is 32.7 Å². The fourth-order valence-corrected chi connectivity index (χ4v) is 3.44. The summed E-state index contributed by atoms with van der Waals surface area (Å²) < 4.78 is 0. The summed E-state index contributed by atoms with van der Waals surface area (Å²) in [4.78, 5) is 19.9. The Kier molecular flexibility index (Phi) is 5.32. The number of aryl methyl sites for hydroxylation is 3. The average Bonchev–Trinajstić information content (AvgIpc) is 2.61. The highest BCUT2D eigenvalue weighted by atomic mass is 16.1. The van der Waals surface area contributed by atoms with E-state index >= 15 is 0 Å². The standard InChI is InChI=1S/C22H26N2O/c1-16-11-12-19(18(3)14-16)21(25)15-24(22-10-6-7-13-23-22)20-9-5-4-8-17(20)2/h4-5,8-9,11-12,14H,6-7,10,13,15H2,1-3H3. The lowest BCUT2D eigenvalue weighted by atomic mass is 10.0. The van der Waals surface area contributed by atoms with Gasteiger partial charge in [-0.15, -0.1) is 0 Å². The van der Waals surface area contributed by atoms with Crippen LogP contribution in [0.2, 0.25) is 0 Å². The van der Waals surface area contributed by atoms with E-state index in [1.165, 1.54) is 11.1 Å². The number of hydrogen-bond donors (Lipinski definition) is 0. The summed E-state index contributed by atoms with van der Waals surface area (Å²) >= 11 is 0. The molecule has 0 aromatic heterocycles. The number of carbonyl (C=O) groups is 1. The second-order valence-electron chi connectivity index (χ2n) is 6.87. The number of ketones is 1. The molecule has 0 N–H and O–H groups in total. The fraction of sp³-hybridized carbons (Fsp3) is 0.364. The van der Waals surface area contributed by atoms with Crippen molar-refractivity contribution in [1.82, 2.24) is 0 Å². The number of anilines is 1. The molecule has 0 amide bonds. The van der Waals surface area contributed by atoms with Gasteiger partial charge in [-0.1, -0.05) is 42.0 Å². The largest absolute Gasteiger partial charge is 0.322 e. The zero-order valence-electron chi connectivity index (χ0n) is 15.4. The maximum Gasteiger partial charge on any atom is 0.182 e. The monoisotopic (exact) mass is 334 g/mol. The normalized spacial score (nSPS) is 14.1. The number of benzene rings is 2. The van der Waals surface area contributed by atoms with E-state index in [0.29, 0.717) is 6.54 Å². The average molecular weight is 334 g/mol. The van der Waals surface area contributed by atoms with Crippen LogP contribution in [0.15, 0.2) is 47.5 Å². The number of para-hydroxylation sites is 1. The molecule has 2 aromatic carbocycles. The Hall–Kier alpha value is -2.42. The number of amidine groups is 1. The maximum atomic E-state index is 13.0. The van der Waals surface area contributed by atoms with E-state index in [1.807, 2.05) is 31.2 Å². The van der Waals surface area contributed by atoms with E-state index in [1.54, 1.807) is 0 Å². The van der Waals surface area contributed by atoms with Crippen molar-refractivity contribution in [3.05, 3.63) is 64.7 Å². The summed E-state index contributed by atoms with van der Waals surface area (Å²) in [5, 5.41) is 0. The summed E-state index contributed by atoms with van der Waals surface area (Å²) in [5.74, 6) is 1.19. The molecule has 0 radical (unpaired) electrons. The first kappa shape index (κ1) is 17.4. The highest BCUT2D eigenvalue weighted by Crippen LogP contribution is 2.24.